The van der Waals surface area contributed by atoms with Crippen molar-refractivity contribution in [1.82, 2.24) is 14.9 Å². The van der Waals surface area contributed by atoms with Crippen LogP contribution in [0.25, 0.3) is 11.3 Å². The summed E-state index contributed by atoms with van der Waals surface area (Å²) in [6, 6.07) is 10.5. The molecule has 1 amide bonds. The first-order valence-corrected chi connectivity index (χ1v) is 10.6. The number of carbonyl (C=O) groups excluding carboxylic acids is 1. The standard InChI is InChI=1S/C23H29N5O2/c1-2-3-4-22(29)27-11-13-28(14-12-27)23-24-10-9-21(25-23)19-5-7-20(8-6-19)26-15-17-30-18-16-26/h2,5-10H,1,3-4,11-18H2. The number of piperazine rings is 1. The Labute approximate surface area is 178 Å². The van der Waals surface area contributed by atoms with Gasteiger partial charge in [0, 0.05) is 63.1 Å². The number of hydrogen-bond acceptors (Lipinski definition) is 6. The van der Waals surface area contributed by atoms with Crippen LogP contribution in [0.4, 0.5) is 11.6 Å². The number of aromatic nitrogens is 2. The Bertz CT molecular complexity index is 856. The molecule has 1 aromatic heterocycles. The molecule has 3 heterocycles. The van der Waals surface area contributed by atoms with Gasteiger partial charge in [-0.05, 0) is 24.6 Å². The van der Waals surface area contributed by atoms with Crippen LogP contribution < -0.4 is 9.80 Å². The second kappa shape index (κ2) is 9.71. The Balaban J connectivity index is 1.39. The molecule has 2 fully saturated rings. The van der Waals surface area contributed by atoms with Gasteiger partial charge in [-0.15, -0.1) is 6.58 Å². The summed E-state index contributed by atoms with van der Waals surface area (Å²) < 4.78 is 5.43. The van der Waals surface area contributed by atoms with Crippen LogP contribution in [-0.4, -0.2) is 73.3 Å². The number of nitrogens with zero attached hydrogens (tertiary/aromatic N) is 5. The fourth-order valence-corrected chi connectivity index (χ4v) is 3.87. The van der Waals surface area contributed by atoms with Gasteiger partial charge in [-0.2, -0.15) is 0 Å². The predicted molar refractivity (Wildman–Crippen MR) is 119 cm³/mol. The Morgan fingerprint density at radius 2 is 1.73 bits per heavy atom. The van der Waals surface area contributed by atoms with Crippen molar-refractivity contribution in [2.24, 2.45) is 0 Å². The van der Waals surface area contributed by atoms with Crippen molar-refractivity contribution in [3.8, 4) is 11.3 Å². The third kappa shape index (κ3) is 4.79. The SMILES string of the molecule is C=CCCC(=O)N1CCN(c2nccc(-c3ccc(N4CCOCC4)cc3)n2)CC1. The minimum Gasteiger partial charge on any atom is -0.378 e. The van der Waals surface area contributed by atoms with Crippen LogP contribution in [0, 0.1) is 0 Å². The molecule has 0 saturated carbocycles. The Kier molecular flexibility index (Phi) is 6.59. The average Bonchev–Trinajstić information content (AvgIpc) is 2.83. The predicted octanol–water partition coefficient (Wildman–Crippen LogP) is 2.60. The summed E-state index contributed by atoms with van der Waals surface area (Å²) in [4.78, 5) is 27.9. The van der Waals surface area contributed by atoms with Gasteiger partial charge in [0.1, 0.15) is 0 Å². The lowest BCUT2D eigenvalue weighted by Gasteiger charge is -2.34. The zero-order chi connectivity index (χ0) is 20.8. The van der Waals surface area contributed by atoms with Gasteiger partial charge in [0.2, 0.25) is 11.9 Å². The average molecular weight is 408 g/mol. The quantitative estimate of drug-likeness (QED) is 0.686. The topological polar surface area (TPSA) is 61.8 Å². The second-order valence-electron chi connectivity index (χ2n) is 7.58. The second-order valence-corrected chi connectivity index (χ2v) is 7.58. The third-order valence-electron chi connectivity index (χ3n) is 5.66. The number of anilines is 2. The minimum absolute atomic E-state index is 0.199. The molecule has 2 aromatic rings. The molecule has 0 bridgehead atoms. The van der Waals surface area contributed by atoms with E-state index in [0.717, 1.165) is 63.0 Å². The molecule has 0 spiro atoms. The van der Waals surface area contributed by atoms with Crippen LogP contribution in [0.15, 0.2) is 49.2 Å². The van der Waals surface area contributed by atoms with Gasteiger partial charge in [0.05, 0.1) is 18.9 Å². The molecule has 2 aliphatic rings. The number of ether oxygens (including phenoxy) is 1. The summed E-state index contributed by atoms with van der Waals surface area (Å²) in [6.07, 6.45) is 4.88. The monoisotopic (exact) mass is 407 g/mol. The molecule has 4 rings (SSSR count). The van der Waals surface area contributed by atoms with Crippen molar-refractivity contribution in [1.29, 1.82) is 0 Å². The maximum atomic E-state index is 12.2. The summed E-state index contributed by atoms with van der Waals surface area (Å²) >= 11 is 0. The summed E-state index contributed by atoms with van der Waals surface area (Å²) in [5.74, 6) is 0.924. The first kappa shape index (κ1) is 20.3. The van der Waals surface area contributed by atoms with Gasteiger partial charge in [0.25, 0.3) is 0 Å². The highest BCUT2D eigenvalue weighted by molar-refractivity contribution is 5.76. The van der Waals surface area contributed by atoms with Crippen molar-refractivity contribution in [2.45, 2.75) is 12.8 Å². The number of hydrogen-bond donors (Lipinski definition) is 0. The summed E-state index contributed by atoms with van der Waals surface area (Å²) in [7, 11) is 0. The maximum absolute atomic E-state index is 12.2. The summed E-state index contributed by atoms with van der Waals surface area (Å²) in [5, 5.41) is 0. The molecule has 2 saturated heterocycles. The highest BCUT2D eigenvalue weighted by atomic mass is 16.5. The van der Waals surface area contributed by atoms with Crippen molar-refractivity contribution in [3.05, 3.63) is 49.2 Å². The first-order valence-electron chi connectivity index (χ1n) is 10.6. The Hall–Kier alpha value is -2.93. The molecule has 0 atom stereocenters. The van der Waals surface area contributed by atoms with Crippen molar-refractivity contribution < 1.29 is 9.53 Å². The largest absolute Gasteiger partial charge is 0.378 e. The minimum atomic E-state index is 0.199. The van der Waals surface area contributed by atoms with E-state index in [4.69, 9.17) is 9.72 Å². The van der Waals surface area contributed by atoms with E-state index in [2.05, 4.69) is 45.6 Å². The van der Waals surface area contributed by atoms with Crippen LogP contribution in [0.3, 0.4) is 0 Å². The maximum Gasteiger partial charge on any atom is 0.225 e. The molecule has 1 aromatic carbocycles. The number of carbonyl (C=O) groups is 1. The summed E-state index contributed by atoms with van der Waals surface area (Å²) in [5.41, 5.74) is 3.21. The number of morpholine rings is 1. The van der Waals surface area contributed by atoms with Crippen molar-refractivity contribution in [2.75, 3.05) is 62.3 Å². The zero-order valence-corrected chi connectivity index (χ0v) is 17.4. The van der Waals surface area contributed by atoms with E-state index in [1.54, 1.807) is 6.08 Å². The lowest BCUT2D eigenvalue weighted by atomic mass is 10.1. The van der Waals surface area contributed by atoms with Crippen LogP contribution in [0.5, 0.6) is 0 Å². The lowest BCUT2D eigenvalue weighted by molar-refractivity contribution is -0.131. The molecular formula is C23H29N5O2. The van der Waals surface area contributed by atoms with E-state index in [1.165, 1.54) is 5.69 Å². The van der Waals surface area contributed by atoms with Crippen LogP contribution in [0.1, 0.15) is 12.8 Å². The van der Waals surface area contributed by atoms with Gasteiger partial charge in [-0.3, -0.25) is 4.79 Å². The van der Waals surface area contributed by atoms with E-state index < -0.39 is 0 Å². The number of allylic oxidation sites excluding steroid dienone is 1. The molecular weight excluding hydrogens is 378 g/mol. The fraction of sp³-hybridized carbons (Fsp3) is 0.435. The van der Waals surface area contributed by atoms with Gasteiger partial charge in [-0.1, -0.05) is 18.2 Å². The summed E-state index contributed by atoms with van der Waals surface area (Å²) in [6.45, 7) is 10.0. The van der Waals surface area contributed by atoms with E-state index in [0.29, 0.717) is 19.5 Å². The van der Waals surface area contributed by atoms with E-state index in [-0.39, 0.29) is 5.91 Å². The van der Waals surface area contributed by atoms with Gasteiger partial charge in [-0.25, -0.2) is 9.97 Å². The highest BCUT2D eigenvalue weighted by Gasteiger charge is 2.22. The molecule has 30 heavy (non-hydrogen) atoms. The third-order valence-corrected chi connectivity index (χ3v) is 5.66. The van der Waals surface area contributed by atoms with Gasteiger partial charge >= 0.3 is 0 Å². The fourth-order valence-electron chi connectivity index (χ4n) is 3.87. The van der Waals surface area contributed by atoms with Crippen LogP contribution in [0.2, 0.25) is 0 Å². The number of amides is 1. The van der Waals surface area contributed by atoms with E-state index in [9.17, 15) is 4.79 Å². The number of rotatable bonds is 6. The molecule has 0 radical (unpaired) electrons. The number of benzene rings is 1. The smallest absolute Gasteiger partial charge is 0.225 e. The van der Waals surface area contributed by atoms with E-state index in [1.807, 2.05) is 17.2 Å². The molecule has 158 valence electrons. The molecule has 0 aliphatic carbocycles. The van der Waals surface area contributed by atoms with Crippen molar-refractivity contribution in [3.63, 3.8) is 0 Å². The van der Waals surface area contributed by atoms with E-state index >= 15 is 0 Å². The lowest BCUT2D eigenvalue weighted by Crippen LogP contribution is -2.49. The van der Waals surface area contributed by atoms with Crippen LogP contribution in [-0.2, 0) is 9.53 Å². The zero-order valence-electron chi connectivity index (χ0n) is 17.4. The Morgan fingerprint density at radius 1 is 1.00 bits per heavy atom. The molecule has 0 N–H and O–H groups in total. The molecule has 0 unspecified atom stereocenters. The highest BCUT2D eigenvalue weighted by Crippen LogP contribution is 2.24. The van der Waals surface area contributed by atoms with Crippen molar-refractivity contribution >= 4 is 17.5 Å². The molecule has 2 aliphatic heterocycles. The molecule has 7 heteroatoms. The van der Waals surface area contributed by atoms with Gasteiger partial charge < -0.3 is 19.4 Å². The molecule has 7 nitrogen and oxygen atoms in total. The van der Waals surface area contributed by atoms with Gasteiger partial charge in [0.15, 0.2) is 0 Å². The Morgan fingerprint density at radius 3 is 2.43 bits per heavy atom. The van der Waals surface area contributed by atoms with Crippen LogP contribution >= 0.6 is 0 Å². The first-order chi connectivity index (χ1) is 14.7. The normalized spacial score (nSPS) is 17.1.